The van der Waals surface area contributed by atoms with Gasteiger partial charge in [0.25, 0.3) is 5.91 Å². The second-order valence-corrected chi connectivity index (χ2v) is 5.29. The van der Waals surface area contributed by atoms with Gasteiger partial charge in [0.1, 0.15) is 0 Å². The molecule has 1 aromatic carbocycles. The van der Waals surface area contributed by atoms with Crippen LogP contribution in [-0.2, 0) is 9.53 Å². The first-order valence-corrected chi connectivity index (χ1v) is 6.89. The Morgan fingerprint density at radius 1 is 1.20 bits per heavy atom. The van der Waals surface area contributed by atoms with Crippen LogP contribution in [0.2, 0.25) is 10.0 Å². The van der Waals surface area contributed by atoms with Gasteiger partial charge >= 0.3 is 6.03 Å². The van der Waals surface area contributed by atoms with Gasteiger partial charge in [-0.25, -0.2) is 9.69 Å². The molecule has 1 unspecified atom stereocenters. The van der Waals surface area contributed by atoms with E-state index in [0.717, 1.165) is 11.3 Å². The molecule has 108 valence electrons. The predicted molar refractivity (Wildman–Crippen MR) is 77.1 cm³/mol. The van der Waals surface area contributed by atoms with E-state index < -0.39 is 18.2 Å². The maximum atomic E-state index is 12.3. The fourth-order valence-electron chi connectivity index (χ4n) is 1.95. The summed E-state index contributed by atoms with van der Waals surface area (Å²) in [4.78, 5) is 26.8. The fraction of sp³-hybridized carbons (Fsp3) is 0.385. The Balaban J connectivity index is 2.32. The van der Waals surface area contributed by atoms with Crippen LogP contribution in [0.4, 0.5) is 10.5 Å². The summed E-state index contributed by atoms with van der Waals surface area (Å²) >= 11 is 11.8. The van der Waals surface area contributed by atoms with Crippen molar-refractivity contribution in [1.29, 1.82) is 0 Å². The van der Waals surface area contributed by atoms with Crippen LogP contribution in [0.3, 0.4) is 0 Å². The average Bonchev–Trinajstić information content (AvgIpc) is 2.57. The van der Waals surface area contributed by atoms with Gasteiger partial charge in [-0.2, -0.15) is 0 Å². The van der Waals surface area contributed by atoms with E-state index in [1.807, 2.05) is 6.92 Å². The number of benzene rings is 1. The van der Waals surface area contributed by atoms with Gasteiger partial charge in [0.2, 0.25) is 6.23 Å². The summed E-state index contributed by atoms with van der Waals surface area (Å²) < 4.78 is 5.41. The van der Waals surface area contributed by atoms with Crippen molar-refractivity contribution in [3.05, 3.63) is 28.2 Å². The van der Waals surface area contributed by atoms with E-state index in [9.17, 15) is 9.59 Å². The highest BCUT2D eigenvalue weighted by molar-refractivity contribution is 6.35. The molecule has 0 aromatic heterocycles. The maximum absolute atomic E-state index is 12.3. The third-order valence-electron chi connectivity index (χ3n) is 2.86. The second kappa shape index (κ2) is 5.99. The number of carbonyl (C=O) groups is 2. The topological polar surface area (TPSA) is 49.9 Å². The van der Waals surface area contributed by atoms with Gasteiger partial charge in [0.15, 0.2) is 0 Å². The van der Waals surface area contributed by atoms with Crippen molar-refractivity contribution < 1.29 is 14.3 Å². The molecule has 1 aromatic rings. The van der Waals surface area contributed by atoms with E-state index in [4.69, 9.17) is 27.9 Å². The number of nitrogens with zero attached hydrogens (tertiary/aromatic N) is 2. The monoisotopic (exact) mass is 316 g/mol. The van der Waals surface area contributed by atoms with E-state index in [1.54, 1.807) is 0 Å². The highest BCUT2D eigenvalue weighted by atomic mass is 35.5. The third-order valence-corrected chi connectivity index (χ3v) is 3.30. The Hall–Kier alpha value is -1.30. The van der Waals surface area contributed by atoms with E-state index >= 15 is 0 Å². The molecule has 7 heteroatoms. The number of ether oxygens (including phenoxy) is 1. The summed E-state index contributed by atoms with van der Waals surface area (Å²) in [6.45, 7) is 2.33. The zero-order valence-electron chi connectivity index (χ0n) is 11.1. The number of urea groups is 1. The number of amides is 3. The number of imide groups is 1. The van der Waals surface area contributed by atoms with E-state index in [-0.39, 0.29) is 0 Å². The van der Waals surface area contributed by atoms with Crippen LogP contribution in [0, 0.1) is 0 Å². The third kappa shape index (κ3) is 2.75. The van der Waals surface area contributed by atoms with Gasteiger partial charge in [-0.05, 0) is 24.6 Å². The first-order valence-electron chi connectivity index (χ1n) is 6.14. The SMILES string of the molecule is CCCOC1C(=O)N(c2cc(Cl)cc(Cl)c2)C(=O)N1C. The number of hydrogen-bond acceptors (Lipinski definition) is 3. The van der Waals surface area contributed by atoms with Crippen LogP contribution in [0.25, 0.3) is 0 Å². The minimum Gasteiger partial charge on any atom is -0.349 e. The molecule has 1 aliphatic rings. The van der Waals surface area contributed by atoms with E-state index in [1.165, 1.54) is 30.1 Å². The summed E-state index contributed by atoms with van der Waals surface area (Å²) in [5, 5.41) is 0.711. The van der Waals surface area contributed by atoms with Gasteiger partial charge in [-0.15, -0.1) is 0 Å². The van der Waals surface area contributed by atoms with Crippen molar-refractivity contribution in [3.63, 3.8) is 0 Å². The van der Waals surface area contributed by atoms with Crippen molar-refractivity contribution in [2.24, 2.45) is 0 Å². The van der Waals surface area contributed by atoms with Gasteiger partial charge < -0.3 is 4.74 Å². The minimum absolute atomic E-state index is 0.340. The molecule has 0 saturated carbocycles. The lowest BCUT2D eigenvalue weighted by Gasteiger charge is -2.15. The molecule has 1 saturated heterocycles. The molecular weight excluding hydrogens is 303 g/mol. The summed E-state index contributed by atoms with van der Waals surface area (Å²) in [6, 6.07) is 4.10. The summed E-state index contributed by atoms with van der Waals surface area (Å²) in [7, 11) is 1.52. The smallest absolute Gasteiger partial charge is 0.333 e. The number of hydrogen-bond donors (Lipinski definition) is 0. The Labute approximate surface area is 127 Å². The Morgan fingerprint density at radius 3 is 2.35 bits per heavy atom. The van der Waals surface area contributed by atoms with Crippen molar-refractivity contribution >= 4 is 40.8 Å². The van der Waals surface area contributed by atoms with E-state index in [0.29, 0.717) is 22.3 Å². The zero-order valence-corrected chi connectivity index (χ0v) is 12.6. The van der Waals surface area contributed by atoms with Gasteiger partial charge in [0, 0.05) is 23.7 Å². The highest BCUT2D eigenvalue weighted by Crippen LogP contribution is 2.30. The molecule has 0 radical (unpaired) electrons. The normalized spacial score (nSPS) is 19.1. The van der Waals surface area contributed by atoms with Gasteiger partial charge in [0.05, 0.1) is 5.69 Å². The molecule has 1 heterocycles. The van der Waals surface area contributed by atoms with E-state index in [2.05, 4.69) is 0 Å². The average molecular weight is 317 g/mol. The largest absolute Gasteiger partial charge is 0.349 e. The van der Waals surface area contributed by atoms with Crippen LogP contribution >= 0.6 is 23.2 Å². The molecule has 1 atom stereocenters. The van der Waals surface area contributed by atoms with Crippen LogP contribution in [-0.4, -0.2) is 36.7 Å². The molecule has 1 fully saturated rings. The standard InChI is InChI=1S/C13H14Cl2N2O3/c1-3-4-20-12-11(18)17(13(19)16(12)2)10-6-8(14)5-9(15)7-10/h5-7,12H,3-4H2,1-2H3. The minimum atomic E-state index is -0.903. The first kappa shape index (κ1) is 15.1. The van der Waals surface area contributed by atoms with Crippen molar-refractivity contribution in [3.8, 4) is 0 Å². The maximum Gasteiger partial charge on any atom is 0.333 e. The number of halogens is 2. The molecular formula is C13H14Cl2N2O3. The Morgan fingerprint density at radius 2 is 1.80 bits per heavy atom. The molecule has 0 bridgehead atoms. The highest BCUT2D eigenvalue weighted by Gasteiger charge is 2.44. The fourth-order valence-corrected chi connectivity index (χ4v) is 2.46. The van der Waals surface area contributed by atoms with Crippen molar-refractivity contribution in [2.75, 3.05) is 18.6 Å². The summed E-state index contributed by atoms with van der Waals surface area (Å²) in [5.74, 6) is -0.440. The molecule has 5 nitrogen and oxygen atoms in total. The van der Waals surface area contributed by atoms with Crippen LogP contribution < -0.4 is 4.90 Å². The van der Waals surface area contributed by atoms with Crippen molar-refractivity contribution in [1.82, 2.24) is 4.90 Å². The second-order valence-electron chi connectivity index (χ2n) is 4.42. The predicted octanol–water partition coefficient (Wildman–Crippen LogP) is 3.14. The van der Waals surface area contributed by atoms with Crippen molar-refractivity contribution in [2.45, 2.75) is 19.6 Å². The van der Waals surface area contributed by atoms with Crippen LogP contribution in [0.15, 0.2) is 18.2 Å². The zero-order chi connectivity index (χ0) is 14.9. The molecule has 3 amide bonds. The van der Waals surface area contributed by atoms with Crippen LogP contribution in [0.5, 0.6) is 0 Å². The lowest BCUT2D eigenvalue weighted by atomic mass is 10.3. The number of likely N-dealkylation sites (N-methyl/N-ethyl adjacent to an activating group) is 1. The molecule has 0 spiro atoms. The Bertz CT molecular complexity index is 530. The summed E-state index contributed by atoms with van der Waals surface area (Å²) in [5.41, 5.74) is 0.340. The molecule has 0 aliphatic carbocycles. The lowest BCUT2D eigenvalue weighted by molar-refractivity contribution is -0.133. The molecule has 1 aliphatic heterocycles. The molecule has 20 heavy (non-hydrogen) atoms. The molecule has 0 N–H and O–H groups in total. The first-order chi connectivity index (χ1) is 9.45. The summed E-state index contributed by atoms with van der Waals surface area (Å²) in [6.07, 6.45) is -0.144. The van der Waals surface area contributed by atoms with Gasteiger partial charge in [-0.3, -0.25) is 9.69 Å². The Kier molecular flexibility index (Phi) is 4.52. The quantitative estimate of drug-likeness (QED) is 0.802. The number of anilines is 1. The number of rotatable bonds is 4. The van der Waals surface area contributed by atoms with Gasteiger partial charge in [-0.1, -0.05) is 30.1 Å². The van der Waals surface area contributed by atoms with Crippen LogP contribution in [0.1, 0.15) is 13.3 Å². The lowest BCUT2D eigenvalue weighted by Crippen LogP contribution is -2.34. The molecule has 2 rings (SSSR count). The number of carbonyl (C=O) groups excluding carboxylic acids is 2.